The first-order valence-electron chi connectivity index (χ1n) is 7.48. The van der Waals surface area contributed by atoms with Gasteiger partial charge in [-0.05, 0) is 19.7 Å². The van der Waals surface area contributed by atoms with Crippen LogP contribution in [0.1, 0.15) is 6.92 Å². The third-order valence-corrected chi connectivity index (χ3v) is 4.14. The number of hydrogen-bond donors (Lipinski definition) is 5. The zero-order valence-corrected chi connectivity index (χ0v) is 13.5. The molecule has 0 saturated carbocycles. The summed E-state index contributed by atoms with van der Waals surface area (Å²) in [5.41, 5.74) is -4.84. The molecule has 5 atom stereocenters. The molecule has 1 aromatic heterocycles. The second kappa shape index (κ2) is 7.14. The van der Waals surface area contributed by atoms with Gasteiger partial charge in [-0.25, -0.2) is 9.18 Å². The number of aromatic nitrogens is 2. The number of aliphatic hydroxyl groups excluding tert-OH is 4. The molecule has 1 fully saturated rings. The van der Waals surface area contributed by atoms with Crippen LogP contribution >= 0.6 is 0 Å². The number of alkyl halides is 1. The number of anilines is 1. The van der Waals surface area contributed by atoms with E-state index in [1.165, 1.54) is 19.2 Å². The lowest BCUT2D eigenvalue weighted by Gasteiger charge is -2.30. The molecule has 5 N–H and O–H groups in total. The molecular weight excluding hydrogens is 339 g/mol. The van der Waals surface area contributed by atoms with Gasteiger partial charge in [0.15, 0.2) is 11.9 Å². The van der Waals surface area contributed by atoms with Crippen molar-refractivity contribution in [3.05, 3.63) is 22.7 Å². The van der Waals surface area contributed by atoms with Crippen LogP contribution < -0.4 is 11.0 Å². The molecule has 10 nitrogen and oxygen atoms in total. The van der Waals surface area contributed by atoms with Gasteiger partial charge in [0, 0.05) is 12.7 Å². The van der Waals surface area contributed by atoms with Crippen molar-refractivity contribution in [3.8, 4) is 0 Å². The summed E-state index contributed by atoms with van der Waals surface area (Å²) in [7, 11) is 0. The van der Waals surface area contributed by atoms with Gasteiger partial charge in [-0.15, -0.1) is 0 Å². The van der Waals surface area contributed by atoms with E-state index in [1.54, 1.807) is 0 Å². The summed E-state index contributed by atoms with van der Waals surface area (Å²) in [5, 5.41) is 40.1. The highest BCUT2D eigenvalue weighted by Gasteiger charge is 2.62. The summed E-state index contributed by atoms with van der Waals surface area (Å²) in [6.07, 6.45) is -3.75. The van der Waals surface area contributed by atoms with Gasteiger partial charge in [0.1, 0.15) is 11.9 Å². The fourth-order valence-corrected chi connectivity index (χ4v) is 2.61. The highest BCUT2D eigenvalue weighted by atomic mass is 19.1. The van der Waals surface area contributed by atoms with E-state index in [0.717, 1.165) is 4.57 Å². The van der Waals surface area contributed by atoms with E-state index in [4.69, 9.17) is 9.84 Å². The van der Waals surface area contributed by atoms with Gasteiger partial charge in [-0.3, -0.25) is 9.56 Å². The molecule has 0 amide bonds. The molecule has 0 aromatic carbocycles. The van der Waals surface area contributed by atoms with E-state index in [-0.39, 0.29) is 12.4 Å². The first-order valence-corrected chi connectivity index (χ1v) is 7.48. The maximum atomic E-state index is 14.7. The van der Waals surface area contributed by atoms with Crippen molar-refractivity contribution in [3.63, 3.8) is 0 Å². The van der Waals surface area contributed by atoms with Gasteiger partial charge in [0.05, 0.1) is 19.3 Å². The molecule has 11 heteroatoms. The maximum Gasteiger partial charge on any atom is 0.351 e. The van der Waals surface area contributed by atoms with Crippen LogP contribution in [0.2, 0.25) is 0 Å². The Morgan fingerprint density at radius 2 is 2.28 bits per heavy atom. The lowest BCUT2D eigenvalue weighted by atomic mass is 10.0. The van der Waals surface area contributed by atoms with Gasteiger partial charge < -0.3 is 30.5 Å². The third-order valence-electron chi connectivity index (χ3n) is 4.14. The first-order chi connectivity index (χ1) is 11.7. The Bertz CT molecular complexity index is 688. The fraction of sp³-hybridized carbons (Fsp3) is 0.643. The number of hydrogen-bond acceptors (Lipinski definition) is 9. The second-order valence-corrected chi connectivity index (χ2v) is 5.85. The van der Waals surface area contributed by atoms with E-state index < -0.39 is 48.7 Å². The molecule has 25 heavy (non-hydrogen) atoms. The Hall–Kier alpha value is -1.92. The molecule has 0 aliphatic carbocycles. The van der Waals surface area contributed by atoms with Crippen molar-refractivity contribution in [2.45, 2.75) is 36.8 Å². The van der Waals surface area contributed by atoms with Crippen LogP contribution in [0.15, 0.2) is 22.1 Å². The molecule has 0 spiro atoms. The Balaban J connectivity index is 2.32. The Morgan fingerprint density at radius 3 is 2.76 bits per heavy atom. The SMILES string of the molecule is C=N[C@]1(CO)OC(C)(n2ccc(NCC(O)CO)nc2=O)C(F)C1O. The van der Waals surface area contributed by atoms with Crippen LogP contribution in [0.5, 0.6) is 0 Å². The normalized spacial score (nSPS) is 33.2. The van der Waals surface area contributed by atoms with Gasteiger partial charge in [-0.1, -0.05) is 0 Å². The zero-order valence-electron chi connectivity index (χ0n) is 13.5. The minimum atomic E-state index is -2.08. The van der Waals surface area contributed by atoms with Crippen LogP contribution in [-0.2, 0) is 10.5 Å². The Kier molecular flexibility index (Phi) is 5.54. The van der Waals surface area contributed by atoms with Crippen molar-refractivity contribution >= 4 is 12.5 Å². The molecule has 1 saturated heterocycles. The maximum absolute atomic E-state index is 14.7. The Morgan fingerprint density at radius 1 is 1.60 bits per heavy atom. The molecular formula is C14H21FN4O6. The number of aliphatic hydroxyl groups is 4. The van der Waals surface area contributed by atoms with Crippen LogP contribution in [-0.4, -0.2) is 80.6 Å². The van der Waals surface area contributed by atoms with Gasteiger partial charge in [-0.2, -0.15) is 4.98 Å². The lowest BCUT2D eigenvalue weighted by molar-refractivity contribution is -0.172. The number of nitrogens with one attached hydrogen (secondary N) is 1. The summed E-state index contributed by atoms with van der Waals surface area (Å²) in [6, 6.07) is 1.33. The Labute approximate surface area is 142 Å². The molecule has 1 aliphatic heterocycles. The van der Waals surface area contributed by atoms with Crippen molar-refractivity contribution in [1.82, 2.24) is 9.55 Å². The van der Waals surface area contributed by atoms with Crippen molar-refractivity contribution in [2.75, 3.05) is 25.1 Å². The predicted molar refractivity (Wildman–Crippen MR) is 85.1 cm³/mol. The summed E-state index contributed by atoms with van der Waals surface area (Å²) < 4.78 is 20.9. The van der Waals surface area contributed by atoms with Crippen LogP contribution in [0.4, 0.5) is 10.2 Å². The second-order valence-electron chi connectivity index (χ2n) is 5.85. The fourth-order valence-electron chi connectivity index (χ4n) is 2.61. The minimum absolute atomic E-state index is 0.0425. The summed E-state index contributed by atoms with van der Waals surface area (Å²) in [6.45, 7) is 3.08. The summed E-state index contributed by atoms with van der Waals surface area (Å²) in [5.74, 6) is 0.0987. The third kappa shape index (κ3) is 3.28. The standard InChI is InChI=1S/C14H21FN4O6/c1-13(10(15)11(23)14(7-21,16-2)25-13)19-4-3-9(18-12(19)24)17-5-8(22)6-20/h3-4,8,10-11,20-23H,2,5-7H2,1H3,(H,17,18,24)/t8?,10?,11?,13?,14-/m1/s1. The molecule has 140 valence electrons. The number of aliphatic imine (C=N–C) groups is 1. The molecule has 4 unspecified atom stereocenters. The predicted octanol–water partition coefficient (Wildman–Crippen LogP) is -2.20. The van der Waals surface area contributed by atoms with E-state index >= 15 is 0 Å². The van der Waals surface area contributed by atoms with Crippen molar-refractivity contribution in [2.24, 2.45) is 4.99 Å². The number of rotatable bonds is 7. The average molecular weight is 360 g/mol. The molecule has 2 rings (SSSR count). The van der Waals surface area contributed by atoms with E-state index in [0.29, 0.717) is 0 Å². The highest BCUT2D eigenvalue weighted by Crippen LogP contribution is 2.43. The number of ether oxygens (including phenoxy) is 1. The quantitative estimate of drug-likeness (QED) is 0.344. The average Bonchev–Trinajstić information content (AvgIpc) is 2.81. The van der Waals surface area contributed by atoms with Crippen molar-refractivity contribution < 1.29 is 29.6 Å². The minimum Gasteiger partial charge on any atom is -0.394 e. The summed E-state index contributed by atoms with van der Waals surface area (Å²) in [4.78, 5) is 19.4. The molecule has 0 radical (unpaired) electrons. The highest BCUT2D eigenvalue weighted by molar-refractivity contribution is 5.32. The monoisotopic (exact) mass is 360 g/mol. The molecule has 1 aromatic rings. The van der Waals surface area contributed by atoms with E-state index in [9.17, 15) is 24.5 Å². The first kappa shape index (κ1) is 19.4. The van der Waals surface area contributed by atoms with Crippen LogP contribution in [0.3, 0.4) is 0 Å². The lowest BCUT2D eigenvalue weighted by Crippen LogP contribution is -2.46. The molecule has 1 aliphatic rings. The van der Waals surface area contributed by atoms with Gasteiger partial charge in [0.25, 0.3) is 0 Å². The molecule has 0 bridgehead atoms. The largest absolute Gasteiger partial charge is 0.394 e. The van der Waals surface area contributed by atoms with Gasteiger partial charge in [0.2, 0.25) is 5.72 Å². The summed E-state index contributed by atoms with van der Waals surface area (Å²) >= 11 is 0. The van der Waals surface area contributed by atoms with Crippen LogP contribution in [0.25, 0.3) is 0 Å². The van der Waals surface area contributed by atoms with E-state index in [1.807, 2.05) is 0 Å². The van der Waals surface area contributed by atoms with Crippen molar-refractivity contribution in [1.29, 1.82) is 0 Å². The topological polar surface area (TPSA) is 149 Å². The van der Waals surface area contributed by atoms with Crippen LogP contribution in [0, 0.1) is 0 Å². The smallest absolute Gasteiger partial charge is 0.351 e. The van der Waals surface area contributed by atoms with E-state index in [2.05, 4.69) is 22.0 Å². The number of halogens is 1. The molecule has 2 heterocycles. The number of nitrogens with zero attached hydrogens (tertiary/aromatic N) is 3. The zero-order chi connectivity index (χ0) is 18.8. The van der Waals surface area contributed by atoms with Gasteiger partial charge >= 0.3 is 5.69 Å².